The van der Waals surface area contributed by atoms with Crippen LogP contribution in [0.4, 0.5) is 0 Å². The molecule has 0 aliphatic rings. The Morgan fingerprint density at radius 3 is 2.14 bits per heavy atom. The second kappa shape index (κ2) is 2.61. The molecule has 4 nitrogen and oxygen atoms in total. The standard InChI is InChI=1S/CH5BrN2O2S/c2-1-4-7(3,5)6/h4H,1H2,(H2,3,5,6). The highest BCUT2D eigenvalue weighted by atomic mass is 79.9. The van der Waals surface area contributed by atoms with Crippen LogP contribution in [-0.4, -0.2) is 13.9 Å². The van der Waals surface area contributed by atoms with E-state index in [1.54, 1.807) is 0 Å². The fourth-order valence-corrected chi connectivity index (χ4v) is 1.19. The zero-order valence-corrected chi connectivity index (χ0v) is 5.79. The Morgan fingerprint density at radius 1 is 1.71 bits per heavy atom. The molecule has 0 rings (SSSR count). The first-order valence-corrected chi connectivity index (χ1v) is 4.06. The first-order chi connectivity index (χ1) is 3.06. The van der Waals surface area contributed by atoms with Gasteiger partial charge in [0.15, 0.2) is 0 Å². The first-order valence-electron chi connectivity index (χ1n) is 1.39. The molecule has 0 aromatic rings. The Labute approximate surface area is 50.4 Å². The minimum absolute atomic E-state index is 0.159. The number of hydrogen-bond acceptors (Lipinski definition) is 2. The van der Waals surface area contributed by atoms with Gasteiger partial charge in [0.05, 0.1) is 5.45 Å². The molecule has 0 aromatic carbocycles. The minimum Gasteiger partial charge on any atom is -0.216 e. The monoisotopic (exact) mass is 188 g/mol. The van der Waals surface area contributed by atoms with Crippen LogP contribution in [0.2, 0.25) is 0 Å². The lowest BCUT2D eigenvalue weighted by molar-refractivity contribution is 0.589. The van der Waals surface area contributed by atoms with E-state index in [9.17, 15) is 8.42 Å². The zero-order valence-electron chi connectivity index (χ0n) is 3.39. The van der Waals surface area contributed by atoms with E-state index in [-0.39, 0.29) is 5.45 Å². The summed E-state index contributed by atoms with van der Waals surface area (Å²) in [5.41, 5.74) is 0.159. The van der Waals surface area contributed by atoms with Gasteiger partial charge in [0, 0.05) is 0 Å². The molecule has 0 heterocycles. The second-order valence-electron chi connectivity index (χ2n) is 0.823. The molecule has 3 N–H and O–H groups in total. The Kier molecular flexibility index (Phi) is 2.74. The summed E-state index contributed by atoms with van der Waals surface area (Å²) < 4.78 is 21.7. The Bertz CT molecular complexity index is 129. The summed E-state index contributed by atoms with van der Waals surface area (Å²) in [6.45, 7) is 0. The molecular weight excluding hydrogens is 184 g/mol. The third-order valence-electron chi connectivity index (χ3n) is 0.256. The molecule has 7 heavy (non-hydrogen) atoms. The Balaban J connectivity index is 3.60. The van der Waals surface area contributed by atoms with Gasteiger partial charge in [0.25, 0.3) is 10.2 Å². The molecule has 6 heteroatoms. The van der Waals surface area contributed by atoms with E-state index in [4.69, 9.17) is 0 Å². The van der Waals surface area contributed by atoms with Crippen molar-refractivity contribution >= 4 is 26.1 Å². The van der Waals surface area contributed by atoms with E-state index in [0.717, 1.165) is 0 Å². The van der Waals surface area contributed by atoms with Gasteiger partial charge >= 0.3 is 0 Å². The topological polar surface area (TPSA) is 72.2 Å². The fourth-order valence-electron chi connectivity index (χ4n) is 0.0760. The average molecular weight is 189 g/mol. The van der Waals surface area contributed by atoms with Crippen LogP contribution in [0.1, 0.15) is 0 Å². The van der Waals surface area contributed by atoms with Gasteiger partial charge in [-0.15, -0.1) is 0 Å². The third-order valence-corrected chi connectivity index (χ3v) is 1.45. The highest BCUT2D eigenvalue weighted by molar-refractivity contribution is 9.09. The lowest BCUT2D eigenvalue weighted by atomic mass is 11.6. The van der Waals surface area contributed by atoms with Gasteiger partial charge in [-0.25, -0.2) is 5.14 Å². The van der Waals surface area contributed by atoms with E-state index in [0.29, 0.717) is 0 Å². The van der Waals surface area contributed by atoms with E-state index < -0.39 is 10.2 Å². The fraction of sp³-hybridized carbons (Fsp3) is 1.00. The number of nitrogens with two attached hydrogens (primary N) is 1. The SMILES string of the molecule is NS(=O)(=O)NCBr. The van der Waals surface area contributed by atoms with Crippen molar-refractivity contribution in [3.05, 3.63) is 0 Å². The summed E-state index contributed by atoms with van der Waals surface area (Å²) in [7, 11) is -3.47. The van der Waals surface area contributed by atoms with Gasteiger partial charge in [-0.05, 0) is 0 Å². The molecule has 0 unspecified atom stereocenters. The highest BCUT2D eigenvalue weighted by Crippen LogP contribution is 1.72. The summed E-state index contributed by atoms with van der Waals surface area (Å²) in [5.74, 6) is 0. The maximum atomic E-state index is 9.87. The summed E-state index contributed by atoms with van der Waals surface area (Å²) in [6, 6.07) is 0. The molecular formula is CH5BrN2O2S. The van der Waals surface area contributed by atoms with Gasteiger partial charge < -0.3 is 0 Å². The Hall–Kier alpha value is 0.350. The zero-order chi connectivity index (χ0) is 5.91. The molecule has 0 spiro atoms. The molecule has 0 saturated heterocycles. The molecule has 0 atom stereocenters. The lowest BCUT2D eigenvalue weighted by Gasteiger charge is -1.90. The highest BCUT2D eigenvalue weighted by Gasteiger charge is 1.93. The minimum atomic E-state index is -3.47. The van der Waals surface area contributed by atoms with Crippen molar-refractivity contribution in [3.8, 4) is 0 Å². The molecule has 0 aliphatic heterocycles. The van der Waals surface area contributed by atoms with Crippen LogP contribution in [-0.2, 0) is 10.2 Å². The van der Waals surface area contributed by atoms with Gasteiger partial charge in [0.1, 0.15) is 0 Å². The lowest BCUT2D eigenvalue weighted by Crippen LogP contribution is -2.29. The first kappa shape index (κ1) is 7.35. The van der Waals surface area contributed by atoms with Crippen LogP contribution in [0, 0.1) is 0 Å². The van der Waals surface area contributed by atoms with Crippen LogP contribution in [0.25, 0.3) is 0 Å². The van der Waals surface area contributed by atoms with E-state index in [1.807, 2.05) is 4.72 Å². The molecule has 44 valence electrons. The number of hydrogen-bond donors (Lipinski definition) is 2. The van der Waals surface area contributed by atoms with Crippen molar-refractivity contribution in [2.45, 2.75) is 0 Å². The van der Waals surface area contributed by atoms with Crippen molar-refractivity contribution in [3.63, 3.8) is 0 Å². The van der Waals surface area contributed by atoms with Crippen molar-refractivity contribution in [1.29, 1.82) is 0 Å². The van der Waals surface area contributed by atoms with Crippen LogP contribution in [0.15, 0.2) is 0 Å². The van der Waals surface area contributed by atoms with E-state index >= 15 is 0 Å². The predicted molar refractivity (Wildman–Crippen MR) is 30.0 cm³/mol. The van der Waals surface area contributed by atoms with Gasteiger partial charge in [-0.3, -0.25) is 0 Å². The van der Waals surface area contributed by atoms with Crippen molar-refractivity contribution in [1.82, 2.24) is 4.72 Å². The van der Waals surface area contributed by atoms with Gasteiger partial charge in [-0.2, -0.15) is 13.1 Å². The quantitative estimate of drug-likeness (QED) is 0.437. The van der Waals surface area contributed by atoms with Crippen LogP contribution >= 0.6 is 15.9 Å². The Morgan fingerprint density at radius 2 is 2.14 bits per heavy atom. The number of alkyl halides is 1. The maximum Gasteiger partial charge on any atom is 0.275 e. The smallest absolute Gasteiger partial charge is 0.216 e. The number of halogens is 1. The third kappa shape index (κ3) is 6.35. The molecule has 0 aliphatic carbocycles. The largest absolute Gasteiger partial charge is 0.275 e. The number of rotatable bonds is 2. The summed E-state index contributed by atoms with van der Waals surface area (Å²) in [6.07, 6.45) is 0. The van der Waals surface area contributed by atoms with Crippen molar-refractivity contribution in [2.24, 2.45) is 5.14 Å². The summed E-state index contributed by atoms with van der Waals surface area (Å²) in [4.78, 5) is 0. The summed E-state index contributed by atoms with van der Waals surface area (Å²) >= 11 is 2.81. The summed E-state index contributed by atoms with van der Waals surface area (Å²) in [5, 5.41) is 4.48. The maximum absolute atomic E-state index is 9.87. The average Bonchev–Trinajstić information content (AvgIpc) is 1.30. The van der Waals surface area contributed by atoms with Crippen molar-refractivity contribution in [2.75, 3.05) is 5.45 Å². The second-order valence-corrected chi connectivity index (χ2v) is 2.76. The molecule has 0 bridgehead atoms. The van der Waals surface area contributed by atoms with E-state index in [1.165, 1.54) is 0 Å². The number of nitrogens with one attached hydrogen (secondary N) is 1. The predicted octanol–water partition coefficient (Wildman–Crippen LogP) is -0.868. The van der Waals surface area contributed by atoms with Crippen LogP contribution in [0.3, 0.4) is 0 Å². The van der Waals surface area contributed by atoms with Gasteiger partial charge in [0.2, 0.25) is 0 Å². The van der Waals surface area contributed by atoms with Crippen LogP contribution in [0.5, 0.6) is 0 Å². The normalized spacial score (nSPS) is 11.7. The van der Waals surface area contributed by atoms with Crippen molar-refractivity contribution < 1.29 is 8.42 Å². The molecule has 0 fully saturated rings. The molecule has 0 aromatic heterocycles. The molecule has 0 saturated carbocycles. The van der Waals surface area contributed by atoms with Gasteiger partial charge in [-0.1, -0.05) is 15.9 Å². The van der Waals surface area contributed by atoms with E-state index in [2.05, 4.69) is 21.1 Å². The molecule has 0 radical (unpaired) electrons. The van der Waals surface area contributed by atoms with Crippen LogP contribution < -0.4 is 9.86 Å². The molecule has 0 amide bonds.